The average molecular weight is 524 g/mol. The van der Waals surface area contributed by atoms with Crippen LogP contribution in [0.2, 0.25) is 10.0 Å². The third-order valence-electron chi connectivity index (χ3n) is 5.45. The highest BCUT2D eigenvalue weighted by Crippen LogP contribution is 2.45. The van der Waals surface area contributed by atoms with E-state index in [1.807, 2.05) is 0 Å². The highest BCUT2D eigenvalue weighted by molar-refractivity contribution is 6.31. The maximum Gasteiger partial charge on any atom is 0.328 e. The number of carboxylic acids is 1. The molecule has 0 fully saturated rings. The number of anilines is 1. The van der Waals surface area contributed by atoms with Gasteiger partial charge in [-0.15, -0.1) is 0 Å². The van der Waals surface area contributed by atoms with Crippen molar-refractivity contribution >= 4 is 46.5 Å². The summed E-state index contributed by atoms with van der Waals surface area (Å²) in [5.74, 6) is -2.96. The standard InChI is InChI=1S/C27H19Cl2NO6/c28-18-10-8-16(9-11-18)24-23(25(33)17-5-2-1-3-6-17)26(34)27(35)30(24)20-15-19(29)12-13-21(20)36-14-4-7-22(31)32/h1-13,15,24,34H,14H2,(H,31,32). The molecule has 1 unspecified atom stereocenters. The molecule has 4 rings (SSSR count). The van der Waals surface area contributed by atoms with E-state index in [4.69, 9.17) is 33.0 Å². The van der Waals surface area contributed by atoms with E-state index in [2.05, 4.69) is 0 Å². The van der Waals surface area contributed by atoms with Crippen molar-refractivity contribution in [2.75, 3.05) is 11.5 Å². The second kappa shape index (κ2) is 10.7. The van der Waals surface area contributed by atoms with Gasteiger partial charge in [-0.2, -0.15) is 0 Å². The molecule has 1 heterocycles. The number of carbonyl (C=O) groups is 3. The molecule has 1 aliphatic rings. The van der Waals surface area contributed by atoms with E-state index < -0.39 is 29.5 Å². The van der Waals surface area contributed by atoms with Crippen LogP contribution in [-0.4, -0.2) is 34.5 Å². The molecule has 0 bridgehead atoms. The fourth-order valence-corrected chi connectivity index (χ4v) is 4.17. The molecule has 36 heavy (non-hydrogen) atoms. The summed E-state index contributed by atoms with van der Waals surface area (Å²) in [6, 6.07) is 18.4. The number of halogens is 2. The van der Waals surface area contributed by atoms with Gasteiger partial charge < -0.3 is 14.9 Å². The van der Waals surface area contributed by atoms with Crippen molar-refractivity contribution in [1.29, 1.82) is 0 Å². The lowest BCUT2D eigenvalue weighted by Crippen LogP contribution is -2.31. The van der Waals surface area contributed by atoms with Gasteiger partial charge in [-0.1, -0.05) is 65.7 Å². The number of benzene rings is 3. The Morgan fingerprint density at radius 2 is 1.64 bits per heavy atom. The van der Waals surface area contributed by atoms with Gasteiger partial charge in [0.2, 0.25) is 0 Å². The first kappa shape index (κ1) is 25.0. The number of carbonyl (C=O) groups excluding carboxylic acids is 2. The van der Waals surface area contributed by atoms with Crippen molar-refractivity contribution in [3.8, 4) is 5.75 Å². The first-order valence-electron chi connectivity index (χ1n) is 10.7. The Morgan fingerprint density at radius 1 is 0.972 bits per heavy atom. The molecule has 3 aromatic carbocycles. The van der Waals surface area contributed by atoms with Crippen LogP contribution in [0.1, 0.15) is 22.0 Å². The van der Waals surface area contributed by atoms with Crippen LogP contribution in [0.3, 0.4) is 0 Å². The van der Waals surface area contributed by atoms with Gasteiger partial charge >= 0.3 is 5.97 Å². The number of aliphatic hydroxyl groups excluding tert-OH is 1. The zero-order valence-corrected chi connectivity index (χ0v) is 20.1. The topological polar surface area (TPSA) is 104 Å². The lowest BCUT2D eigenvalue weighted by atomic mass is 9.92. The molecule has 7 nitrogen and oxygen atoms in total. The van der Waals surface area contributed by atoms with Gasteiger partial charge in [0.1, 0.15) is 12.4 Å². The number of rotatable bonds is 8. The van der Waals surface area contributed by atoms with Crippen LogP contribution < -0.4 is 9.64 Å². The van der Waals surface area contributed by atoms with Crippen molar-refractivity contribution in [3.05, 3.63) is 117 Å². The minimum atomic E-state index is -1.13. The number of aliphatic hydroxyl groups is 1. The van der Waals surface area contributed by atoms with Crippen LogP contribution in [0.15, 0.2) is 96.3 Å². The number of ether oxygens (including phenoxy) is 1. The summed E-state index contributed by atoms with van der Waals surface area (Å²) in [5.41, 5.74) is 0.908. The van der Waals surface area contributed by atoms with E-state index in [1.54, 1.807) is 60.7 Å². The van der Waals surface area contributed by atoms with Gasteiger partial charge in [-0.05, 0) is 42.0 Å². The lowest BCUT2D eigenvalue weighted by Gasteiger charge is -2.28. The van der Waals surface area contributed by atoms with E-state index in [-0.39, 0.29) is 28.6 Å². The fraction of sp³-hybridized carbons (Fsp3) is 0.0741. The SMILES string of the molecule is O=C(O)C=CCOc1ccc(Cl)cc1N1C(=O)C(O)=C(C(=O)c2ccccc2)C1c1ccc(Cl)cc1. The Kier molecular flexibility index (Phi) is 7.43. The summed E-state index contributed by atoms with van der Waals surface area (Å²) in [7, 11) is 0. The van der Waals surface area contributed by atoms with E-state index in [9.17, 15) is 19.5 Å². The summed E-state index contributed by atoms with van der Waals surface area (Å²) < 4.78 is 5.71. The smallest absolute Gasteiger partial charge is 0.328 e. The number of amides is 1. The second-order valence-corrected chi connectivity index (χ2v) is 8.62. The lowest BCUT2D eigenvalue weighted by molar-refractivity contribution is -0.131. The minimum Gasteiger partial charge on any atom is -0.503 e. The van der Waals surface area contributed by atoms with Gasteiger partial charge in [0.05, 0.1) is 17.3 Å². The highest BCUT2D eigenvalue weighted by atomic mass is 35.5. The second-order valence-electron chi connectivity index (χ2n) is 7.75. The van der Waals surface area contributed by atoms with Crippen LogP contribution in [-0.2, 0) is 9.59 Å². The first-order chi connectivity index (χ1) is 17.3. The van der Waals surface area contributed by atoms with Crippen LogP contribution >= 0.6 is 23.2 Å². The molecule has 0 aliphatic carbocycles. The Hall–Kier alpha value is -4.07. The summed E-state index contributed by atoms with van der Waals surface area (Å²) in [5, 5.41) is 20.5. The molecule has 0 saturated heterocycles. The van der Waals surface area contributed by atoms with Gasteiger partial charge in [-0.25, -0.2) is 4.79 Å². The summed E-state index contributed by atoms with van der Waals surface area (Å²) >= 11 is 12.3. The summed E-state index contributed by atoms with van der Waals surface area (Å²) in [4.78, 5) is 38.9. The molecule has 1 amide bonds. The van der Waals surface area contributed by atoms with Crippen LogP contribution in [0.25, 0.3) is 0 Å². The molecule has 1 aliphatic heterocycles. The summed E-state index contributed by atoms with van der Waals surface area (Å²) in [6.07, 6.45) is 2.22. The van der Waals surface area contributed by atoms with Crippen molar-refractivity contribution in [1.82, 2.24) is 0 Å². The van der Waals surface area contributed by atoms with E-state index in [0.717, 1.165) is 6.08 Å². The zero-order valence-electron chi connectivity index (χ0n) is 18.6. The number of Topliss-reactive ketones (excluding diaryl/α,β-unsaturated/α-hetero) is 1. The highest BCUT2D eigenvalue weighted by Gasteiger charge is 2.45. The summed E-state index contributed by atoms with van der Waals surface area (Å²) in [6.45, 7) is -0.107. The van der Waals surface area contributed by atoms with Gasteiger partial charge in [0.15, 0.2) is 11.5 Å². The Balaban J connectivity index is 1.84. The minimum absolute atomic E-state index is 0.106. The number of ketones is 1. The Bertz CT molecular complexity index is 1380. The third kappa shape index (κ3) is 5.12. The normalized spacial score (nSPS) is 15.6. The number of carboxylic acid groups (broad SMARTS) is 1. The molecule has 0 saturated carbocycles. The van der Waals surface area contributed by atoms with Crippen molar-refractivity contribution < 1.29 is 29.3 Å². The van der Waals surface area contributed by atoms with Crippen LogP contribution in [0.4, 0.5) is 5.69 Å². The van der Waals surface area contributed by atoms with Gasteiger partial charge in [-0.3, -0.25) is 14.5 Å². The molecule has 0 radical (unpaired) electrons. The van der Waals surface area contributed by atoms with Gasteiger partial charge in [0, 0.05) is 21.7 Å². The maximum atomic E-state index is 13.5. The molecule has 0 spiro atoms. The molecule has 9 heteroatoms. The monoisotopic (exact) mass is 523 g/mol. The van der Waals surface area contributed by atoms with Crippen LogP contribution in [0.5, 0.6) is 5.75 Å². The molecule has 0 aromatic heterocycles. The Morgan fingerprint density at radius 3 is 2.31 bits per heavy atom. The molecule has 1 atom stereocenters. The third-order valence-corrected chi connectivity index (χ3v) is 5.94. The number of nitrogens with zero attached hydrogens (tertiary/aromatic N) is 1. The molecule has 3 aromatic rings. The van der Waals surface area contributed by atoms with Crippen LogP contribution in [0, 0.1) is 0 Å². The van der Waals surface area contributed by atoms with Gasteiger partial charge in [0.25, 0.3) is 5.91 Å². The predicted octanol–water partition coefficient (Wildman–Crippen LogP) is 5.80. The largest absolute Gasteiger partial charge is 0.503 e. The fourth-order valence-electron chi connectivity index (χ4n) is 3.88. The zero-order chi connectivity index (χ0) is 25.8. The van der Waals surface area contributed by atoms with Crippen molar-refractivity contribution in [2.45, 2.75) is 6.04 Å². The molecule has 182 valence electrons. The van der Waals surface area contributed by atoms with Crippen molar-refractivity contribution in [3.63, 3.8) is 0 Å². The van der Waals surface area contributed by atoms with E-state index >= 15 is 0 Å². The molecule has 2 N–H and O–H groups in total. The average Bonchev–Trinajstić information content (AvgIpc) is 3.13. The Labute approximate surface area is 216 Å². The predicted molar refractivity (Wildman–Crippen MR) is 136 cm³/mol. The van der Waals surface area contributed by atoms with E-state index in [0.29, 0.717) is 16.1 Å². The number of hydrogen-bond donors (Lipinski definition) is 2. The number of aliphatic carboxylic acids is 1. The maximum absolute atomic E-state index is 13.5. The molecular formula is C27H19Cl2NO6. The first-order valence-corrected chi connectivity index (χ1v) is 11.5. The van der Waals surface area contributed by atoms with Crippen molar-refractivity contribution in [2.24, 2.45) is 0 Å². The quantitative estimate of drug-likeness (QED) is 0.285. The van der Waals surface area contributed by atoms with E-state index in [1.165, 1.54) is 23.1 Å². The number of hydrogen-bond acceptors (Lipinski definition) is 5. The molecular weight excluding hydrogens is 505 g/mol.